The van der Waals surface area contributed by atoms with Gasteiger partial charge in [-0.05, 0) is 58.9 Å². The van der Waals surface area contributed by atoms with E-state index < -0.39 is 0 Å². The van der Waals surface area contributed by atoms with Crippen LogP contribution in [0, 0.1) is 5.92 Å². The monoisotopic (exact) mass is 213 g/mol. The van der Waals surface area contributed by atoms with E-state index in [9.17, 15) is 0 Å². The first-order valence-electron chi connectivity index (χ1n) is 6.22. The van der Waals surface area contributed by atoms with E-state index in [4.69, 9.17) is 5.73 Å². The number of nitrogens with zero attached hydrogens (tertiary/aromatic N) is 2. The Balaban J connectivity index is 2.19. The topological polar surface area (TPSA) is 32.5 Å². The number of rotatable bonds is 5. The minimum Gasteiger partial charge on any atom is -0.330 e. The number of piperidine rings is 1. The molecular weight excluding hydrogens is 186 g/mol. The lowest BCUT2D eigenvalue weighted by molar-refractivity contribution is 0.131. The van der Waals surface area contributed by atoms with E-state index >= 15 is 0 Å². The van der Waals surface area contributed by atoms with Gasteiger partial charge in [0, 0.05) is 12.6 Å². The van der Waals surface area contributed by atoms with Crippen molar-refractivity contribution < 1.29 is 0 Å². The van der Waals surface area contributed by atoms with Crippen LogP contribution in [0.2, 0.25) is 0 Å². The predicted octanol–water partition coefficient (Wildman–Crippen LogP) is 0.997. The number of hydrogen-bond donors (Lipinski definition) is 1. The van der Waals surface area contributed by atoms with Crippen molar-refractivity contribution in [1.82, 2.24) is 9.80 Å². The van der Waals surface area contributed by atoms with E-state index in [1.54, 1.807) is 0 Å². The summed E-state index contributed by atoms with van der Waals surface area (Å²) in [5.74, 6) is 0.755. The molecule has 0 aromatic heterocycles. The second-order valence-electron chi connectivity index (χ2n) is 5.18. The van der Waals surface area contributed by atoms with Gasteiger partial charge in [0.2, 0.25) is 0 Å². The van der Waals surface area contributed by atoms with Gasteiger partial charge in [-0.15, -0.1) is 0 Å². The van der Waals surface area contributed by atoms with Crippen LogP contribution in [-0.4, -0.2) is 56.1 Å². The first-order valence-corrected chi connectivity index (χ1v) is 6.22. The fourth-order valence-corrected chi connectivity index (χ4v) is 2.43. The number of hydrogen-bond acceptors (Lipinski definition) is 3. The van der Waals surface area contributed by atoms with Crippen molar-refractivity contribution >= 4 is 0 Å². The molecular formula is C12H27N3. The maximum atomic E-state index is 5.57. The molecule has 3 heteroatoms. The summed E-state index contributed by atoms with van der Waals surface area (Å²) < 4.78 is 0. The summed E-state index contributed by atoms with van der Waals surface area (Å²) in [6.07, 6.45) is 3.80. The zero-order chi connectivity index (χ0) is 11.3. The third-order valence-electron chi connectivity index (χ3n) is 3.52. The molecule has 1 atom stereocenters. The summed E-state index contributed by atoms with van der Waals surface area (Å²) in [5, 5.41) is 0. The quantitative estimate of drug-likeness (QED) is 0.739. The molecule has 2 N–H and O–H groups in total. The molecule has 1 fully saturated rings. The Labute approximate surface area is 94.6 Å². The van der Waals surface area contributed by atoms with Crippen molar-refractivity contribution in [3.05, 3.63) is 0 Å². The molecule has 1 heterocycles. The Kier molecular flexibility index (Phi) is 5.58. The first kappa shape index (κ1) is 12.9. The van der Waals surface area contributed by atoms with Crippen LogP contribution >= 0.6 is 0 Å². The lowest BCUT2D eigenvalue weighted by Crippen LogP contribution is -2.43. The fourth-order valence-electron chi connectivity index (χ4n) is 2.43. The molecule has 0 bridgehead atoms. The van der Waals surface area contributed by atoms with Crippen molar-refractivity contribution in [3.8, 4) is 0 Å². The molecule has 1 saturated heterocycles. The highest BCUT2D eigenvalue weighted by atomic mass is 15.2. The van der Waals surface area contributed by atoms with E-state index in [0.29, 0.717) is 0 Å². The van der Waals surface area contributed by atoms with Crippen molar-refractivity contribution in [3.63, 3.8) is 0 Å². The largest absolute Gasteiger partial charge is 0.330 e. The van der Waals surface area contributed by atoms with Gasteiger partial charge in [0.25, 0.3) is 0 Å². The lowest BCUT2D eigenvalue weighted by Gasteiger charge is -2.36. The maximum Gasteiger partial charge on any atom is 0.0113 e. The van der Waals surface area contributed by atoms with Crippen LogP contribution in [0.15, 0.2) is 0 Å². The molecule has 90 valence electrons. The molecule has 0 aliphatic carbocycles. The third-order valence-corrected chi connectivity index (χ3v) is 3.52. The molecule has 1 unspecified atom stereocenters. The van der Waals surface area contributed by atoms with Gasteiger partial charge in [-0.2, -0.15) is 0 Å². The third kappa shape index (κ3) is 4.49. The van der Waals surface area contributed by atoms with Crippen LogP contribution in [-0.2, 0) is 0 Å². The Bertz CT molecular complexity index is 162. The smallest absolute Gasteiger partial charge is 0.0113 e. The second kappa shape index (κ2) is 6.46. The zero-order valence-corrected chi connectivity index (χ0v) is 10.6. The van der Waals surface area contributed by atoms with Crippen molar-refractivity contribution in [2.24, 2.45) is 11.7 Å². The zero-order valence-electron chi connectivity index (χ0n) is 10.6. The molecule has 0 amide bonds. The van der Waals surface area contributed by atoms with Gasteiger partial charge < -0.3 is 15.5 Å². The molecule has 0 radical (unpaired) electrons. The second-order valence-corrected chi connectivity index (χ2v) is 5.18. The molecule has 0 aromatic carbocycles. The Hall–Kier alpha value is -0.120. The van der Waals surface area contributed by atoms with E-state index in [2.05, 4.69) is 30.8 Å². The van der Waals surface area contributed by atoms with Crippen LogP contribution in [0.5, 0.6) is 0 Å². The highest BCUT2D eigenvalue weighted by Gasteiger charge is 2.21. The van der Waals surface area contributed by atoms with Gasteiger partial charge in [-0.25, -0.2) is 0 Å². The molecule has 0 spiro atoms. The lowest BCUT2D eigenvalue weighted by atomic mass is 10.0. The molecule has 3 nitrogen and oxygen atoms in total. The molecule has 1 aliphatic heterocycles. The van der Waals surface area contributed by atoms with Gasteiger partial charge in [0.15, 0.2) is 0 Å². The van der Waals surface area contributed by atoms with Gasteiger partial charge in [0.1, 0.15) is 0 Å². The molecule has 1 aliphatic rings. The molecule has 1 rings (SSSR count). The van der Waals surface area contributed by atoms with E-state index in [1.807, 2.05) is 0 Å². The van der Waals surface area contributed by atoms with Crippen LogP contribution < -0.4 is 5.73 Å². The molecule has 0 saturated carbocycles. The van der Waals surface area contributed by atoms with Crippen molar-refractivity contribution in [2.75, 3.05) is 40.3 Å². The standard InChI is InChI=1S/C12H27N3/c1-11(4-7-13)10-15-8-5-12(6-9-15)14(2)3/h11-12H,4-10,13H2,1-3H3. The summed E-state index contributed by atoms with van der Waals surface area (Å²) in [6.45, 7) is 6.90. The minimum atomic E-state index is 0.755. The van der Waals surface area contributed by atoms with Crippen molar-refractivity contribution in [1.29, 1.82) is 0 Å². The minimum absolute atomic E-state index is 0.755. The Morgan fingerprint density at radius 2 is 1.93 bits per heavy atom. The Morgan fingerprint density at radius 1 is 1.33 bits per heavy atom. The maximum absolute atomic E-state index is 5.57. The van der Waals surface area contributed by atoms with Crippen LogP contribution in [0.4, 0.5) is 0 Å². The van der Waals surface area contributed by atoms with Gasteiger partial charge >= 0.3 is 0 Å². The first-order chi connectivity index (χ1) is 7.13. The van der Waals surface area contributed by atoms with Crippen LogP contribution in [0.3, 0.4) is 0 Å². The van der Waals surface area contributed by atoms with Crippen LogP contribution in [0.1, 0.15) is 26.2 Å². The van der Waals surface area contributed by atoms with Gasteiger partial charge in [-0.3, -0.25) is 0 Å². The fraction of sp³-hybridized carbons (Fsp3) is 1.00. The van der Waals surface area contributed by atoms with Gasteiger partial charge in [0.05, 0.1) is 0 Å². The summed E-state index contributed by atoms with van der Waals surface area (Å²) in [4.78, 5) is 4.96. The SMILES string of the molecule is CC(CCN)CN1CCC(N(C)C)CC1. The molecule has 0 aromatic rings. The summed E-state index contributed by atoms with van der Waals surface area (Å²) >= 11 is 0. The number of likely N-dealkylation sites (tertiary alicyclic amines) is 1. The average Bonchev–Trinajstić information content (AvgIpc) is 2.18. The highest BCUT2D eigenvalue weighted by Crippen LogP contribution is 2.15. The number of nitrogens with two attached hydrogens (primary N) is 1. The normalized spacial score (nSPS) is 22.2. The van der Waals surface area contributed by atoms with Gasteiger partial charge in [-0.1, -0.05) is 6.92 Å². The summed E-state index contributed by atoms with van der Waals surface area (Å²) in [6, 6.07) is 0.797. The van der Waals surface area contributed by atoms with E-state index in [0.717, 1.165) is 24.9 Å². The summed E-state index contributed by atoms with van der Waals surface area (Å²) in [7, 11) is 4.38. The van der Waals surface area contributed by atoms with E-state index in [1.165, 1.54) is 32.5 Å². The Morgan fingerprint density at radius 3 is 2.40 bits per heavy atom. The highest BCUT2D eigenvalue weighted by molar-refractivity contribution is 4.77. The predicted molar refractivity (Wildman–Crippen MR) is 66.0 cm³/mol. The molecule has 15 heavy (non-hydrogen) atoms. The average molecular weight is 213 g/mol. The van der Waals surface area contributed by atoms with E-state index in [-0.39, 0.29) is 0 Å². The van der Waals surface area contributed by atoms with Crippen molar-refractivity contribution in [2.45, 2.75) is 32.2 Å². The summed E-state index contributed by atoms with van der Waals surface area (Å²) in [5.41, 5.74) is 5.57. The van der Waals surface area contributed by atoms with Crippen LogP contribution in [0.25, 0.3) is 0 Å².